The van der Waals surface area contributed by atoms with Crippen LogP contribution in [0.3, 0.4) is 0 Å². The highest BCUT2D eigenvalue weighted by Crippen LogP contribution is 2.19. The SMILES string of the molecule is Cc1cnc(C(=O)N2CCCC2C(N)=S)cn1. The second-order valence-electron chi connectivity index (χ2n) is 4.10. The van der Waals surface area contributed by atoms with Gasteiger partial charge in [-0.1, -0.05) is 12.2 Å². The zero-order valence-corrected chi connectivity index (χ0v) is 10.4. The molecule has 1 unspecified atom stereocenters. The third-order valence-electron chi connectivity index (χ3n) is 2.84. The smallest absolute Gasteiger partial charge is 0.274 e. The van der Waals surface area contributed by atoms with Gasteiger partial charge in [-0.05, 0) is 19.8 Å². The number of likely N-dealkylation sites (tertiary alicyclic amines) is 1. The van der Waals surface area contributed by atoms with Gasteiger partial charge in [-0.15, -0.1) is 0 Å². The number of nitrogens with zero attached hydrogens (tertiary/aromatic N) is 3. The van der Waals surface area contributed by atoms with Gasteiger partial charge in [-0.3, -0.25) is 9.78 Å². The highest BCUT2D eigenvalue weighted by Gasteiger charge is 2.31. The van der Waals surface area contributed by atoms with Crippen molar-refractivity contribution in [2.75, 3.05) is 6.54 Å². The van der Waals surface area contributed by atoms with E-state index in [1.165, 1.54) is 6.20 Å². The Morgan fingerprint density at radius 2 is 2.29 bits per heavy atom. The van der Waals surface area contributed by atoms with Crippen LogP contribution in [0.2, 0.25) is 0 Å². The van der Waals surface area contributed by atoms with Crippen molar-refractivity contribution in [2.24, 2.45) is 5.73 Å². The molecule has 2 N–H and O–H groups in total. The van der Waals surface area contributed by atoms with E-state index in [1.807, 2.05) is 6.92 Å². The normalized spacial score (nSPS) is 19.4. The van der Waals surface area contributed by atoms with Crippen molar-refractivity contribution in [3.05, 3.63) is 23.8 Å². The number of carbonyl (C=O) groups excluding carboxylic acids is 1. The van der Waals surface area contributed by atoms with Gasteiger partial charge in [0.15, 0.2) is 0 Å². The van der Waals surface area contributed by atoms with Crippen molar-refractivity contribution in [1.82, 2.24) is 14.9 Å². The van der Waals surface area contributed by atoms with Crippen LogP contribution in [0.25, 0.3) is 0 Å². The summed E-state index contributed by atoms with van der Waals surface area (Å²) < 4.78 is 0. The first-order valence-corrected chi connectivity index (χ1v) is 5.89. The van der Waals surface area contributed by atoms with E-state index >= 15 is 0 Å². The lowest BCUT2D eigenvalue weighted by atomic mass is 10.2. The van der Waals surface area contributed by atoms with E-state index in [0.29, 0.717) is 17.2 Å². The maximum absolute atomic E-state index is 12.2. The van der Waals surface area contributed by atoms with Crippen molar-refractivity contribution in [2.45, 2.75) is 25.8 Å². The van der Waals surface area contributed by atoms with Gasteiger partial charge >= 0.3 is 0 Å². The number of nitrogens with two attached hydrogens (primary N) is 1. The highest BCUT2D eigenvalue weighted by molar-refractivity contribution is 7.80. The lowest BCUT2D eigenvalue weighted by Gasteiger charge is -2.23. The molecule has 1 aromatic heterocycles. The topological polar surface area (TPSA) is 72.1 Å². The van der Waals surface area contributed by atoms with E-state index in [2.05, 4.69) is 9.97 Å². The Balaban J connectivity index is 2.19. The molecule has 17 heavy (non-hydrogen) atoms. The monoisotopic (exact) mass is 250 g/mol. The fraction of sp³-hybridized carbons (Fsp3) is 0.455. The van der Waals surface area contributed by atoms with Gasteiger partial charge in [0.05, 0.1) is 22.9 Å². The van der Waals surface area contributed by atoms with Crippen molar-refractivity contribution in [3.63, 3.8) is 0 Å². The first kappa shape index (κ1) is 11.9. The second kappa shape index (κ2) is 4.75. The van der Waals surface area contributed by atoms with E-state index in [1.54, 1.807) is 11.1 Å². The van der Waals surface area contributed by atoms with Gasteiger partial charge in [0, 0.05) is 12.7 Å². The number of thiocarbonyl (C=S) groups is 1. The third-order valence-corrected chi connectivity index (χ3v) is 3.11. The highest BCUT2D eigenvalue weighted by atomic mass is 32.1. The molecular weight excluding hydrogens is 236 g/mol. The van der Waals surface area contributed by atoms with Crippen molar-refractivity contribution < 1.29 is 4.79 Å². The number of hydrogen-bond donors (Lipinski definition) is 1. The van der Waals surface area contributed by atoms with E-state index < -0.39 is 0 Å². The summed E-state index contributed by atoms with van der Waals surface area (Å²) in [7, 11) is 0. The Morgan fingerprint density at radius 1 is 1.53 bits per heavy atom. The molecule has 1 aliphatic rings. The summed E-state index contributed by atoms with van der Waals surface area (Å²) in [6.45, 7) is 2.51. The van der Waals surface area contributed by atoms with Crippen molar-refractivity contribution in [3.8, 4) is 0 Å². The molecule has 0 aliphatic carbocycles. The summed E-state index contributed by atoms with van der Waals surface area (Å²) in [6, 6.07) is -0.138. The first-order chi connectivity index (χ1) is 8.09. The minimum atomic E-state index is -0.146. The summed E-state index contributed by atoms with van der Waals surface area (Å²) in [4.78, 5) is 22.4. The molecule has 0 bridgehead atoms. The second-order valence-corrected chi connectivity index (χ2v) is 4.57. The van der Waals surface area contributed by atoms with Crippen molar-refractivity contribution >= 4 is 23.1 Å². The lowest BCUT2D eigenvalue weighted by molar-refractivity contribution is 0.0764. The predicted octanol–water partition coefficient (Wildman–Crippen LogP) is 0.676. The molecule has 1 aliphatic heterocycles. The number of carbonyl (C=O) groups is 1. The van der Waals surface area contributed by atoms with E-state index in [9.17, 15) is 4.79 Å². The van der Waals surface area contributed by atoms with E-state index in [-0.39, 0.29) is 11.9 Å². The van der Waals surface area contributed by atoms with Crippen LogP contribution < -0.4 is 5.73 Å². The van der Waals surface area contributed by atoms with Crippen LogP contribution in [0.4, 0.5) is 0 Å². The number of rotatable bonds is 2. The Bertz CT molecular complexity index is 445. The molecule has 1 saturated heterocycles. The zero-order chi connectivity index (χ0) is 12.4. The summed E-state index contributed by atoms with van der Waals surface area (Å²) >= 11 is 4.97. The van der Waals surface area contributed by atoms with Crippen LogP contribution in [0.5, 0.6) is 0 Å². The maximum Gasteiger partial charge on any atom is 0.274 e. The van der Waals surface area contributed by atoms with Gasteiger partial charge in [0.1, 0.15) is 5.69 Å². The van der Waals surface area contributed by atoms with Crippen LogP contribution in [-0.4, -0.2) is 38.4 Å². The standard InChI is InChI=1S/C11H14N4OS/c1-7-5-14-8(6-13-7)11(16)15-4-2-3-9(15)10(12)17/h5-6,9H,2-4H2,1H3,(H2,12,17). The fourth-order valence-corrected chi connectivity index (χ4v) is 2.20. The van der Waals surface area contributed by atoms with Gasteiger partial charge < -0.3 is 10.6 Å². The van der Waals surface area contributed by atoms with Crippen LogP contribution in [0.1, 0.15) is 29.0 Å². The first-order valence-electron chi connectivity index (χ1n) is 5.48. The number of aromatic nitrogens is 2. The van der Waals surface area contributed by atoms with Crippen LogP contribution in [0, 0.1) is 6.92 Å². The predicted molar refractivity (Wildman–Crippen MR) is 67.6 cm³/mol. The fourth-order valence-electron chi connectivity index (χ4n) is 1.96. The van der Waals surface area contributed by atoms with Crippen LogP contribution in [-0.2, 0) is 0 Å². The minimum absolute atomic E-state index is 0.138. The van der Waals surface area contributed by atoms with E-state index in [4.69, 9.17) is 18.0 Å². The maximum atomic E-state index is 12.2. The molecule has 1 aromatic rings. The molecule has 1 fully saturated rings. The zero-order valence-electron chi connectivity index (χ0n) is 9.59. The average Bonchev–Trinajstić information content (AvgIpc) is 2.78. The number of hydrogen-bond acceptors (Lipinski definition) is 4. The van der Waals surface area contributed by atoms with Gasteiger partial charge in [-0.25, -0.2) is 4.98 Å². The number of amides is 1. The summed E-state index contributed by atoms with van der Waals surface area (Å²) in [6.07, 6.45) is 4.83. The molecule has 1 atom stereocenters. The van der Waals surface area contributed by atoms with Crippen LogP contribution in [0.15, 0.2) is 12.4 Å². The van der Waals surface area contributed by atoms with Crippen molar-refractivity contribution in [1.29, 1.82) is 0 Å². The molecule has 0 radical (unpaired) electrons. The van der Waals surface area contributed by atoms with Gasteiger partial charge in [-0.2, -0.15) is 0 Å². The molecule has 6 heteroatoms. The summed E-state index contributed by atoms with van der Waals surface area (Å²) in [5.41, 5.74) is 6.76. The molecule has 2 heterocycles. The molecular formula is C11H14N4OS. The summed E-state index contributed by atoms with van der Waals surface area (Å²) in [5, 5.41) is 0. The molecule has 2 rings (SSSR count). The molecule has 90 valence electrons. The Kier molecular flexibility index (Phi) is 3.33. The molecule has 5 nitrogen and oxygen atoms in total. The van der Waals surface area contributed by atoms with Gasteiger partial charge in [0.25, 0.3) is 5.91 Å². The Morgan fingerprint density at radius 3 is 2.88 bits per heavy atom. The average molecular weight is 250 g/mol. The van der Waals surface area contributed by atoms with E-state index in [0.717, 1.165) is 18.5 Å². The largest absolute Gasteiger partial charge is 0.392 e. The molecule has 1 amide bonds. The lowest BCUT2D eigenvalue weighted by Crippen LogP contribution is -2.43. The molecule has 0 aromatic carbocycles. The molecule has 0 saturated carbocycles. The Labute approximate surface area is 105 Å². The van der Waals surface area contributed by atoms with Crippen LogP contribution >= 0.6 is 12.2 Å². The Hall–Kier alpha value is -1.56. The quantitative estimate of drug-likeness (QED) is 0.781. The summed E-state index contributed by atoms with van der Waals surface area (Å²) in [5.74, 6) is -0.146. The third kappa shape index (κ3) is 2.41. The number of aryl methyl sites for hydroxylation is 1. The molecule has 0 spiro atoms. The minimum Gasteiger partial charge on any atom is -0.392 e. The van der Waals surface area contributed by atoms with Gasteiger partial charge in [0.2, 0.25) is 0 Å².